The van der Waals surface area contributed by atoms with E-state index >= 15 is 0 Å². The molecule has 5 heteroatoms. The van der Waals surface area contributed by atoms with Crippen molar-refractivity contribution in [2.45, 2.75) is 51.4 Å². The highest BCUT2D eigenvalue weighted by atomic mass is 16.6. The molecule has 0 radical (unpaired) electrons. The van der Waals surface area contributed by atoms with Gasteiger partial charge in [0.2, 0.25) is 0 Å². The molecule has 3 aliphatic rings. The van der Waals surface area contributed by atoms with Gasteiger partial charge in [-0.25, -0.2) is 9.59 Å². The Labute approximate surface area is 182 Å². The predicted molar refractivity (Wildman–Crippen MR) is 116 cm³/mol. The van der Waals surface area contributed by atoms with Crippen molar-refractivity contribution in [2.24, 2.45) is 29.4 Å². The molecule has 0 spiro atoms. The lowest BCUT2D eigenvalue weighted by Gasteiger charge is -2.37. The SMILES string of the molecule is Cc1ccc(C(=O)OC2C3CC(C4CCCC43)C2OC(=O)c2ccc(CN)cc2)cc1. The van der Waals surface area contributed by atoms with Crippen LogP contribution >= 0.6 is 0 Å². The van der Waals surface area contributed by atoms with E-state index in [9.17, 15) is 9.59 Å². The summed E-state index contributed by atoms with van der Waals surface area (Å²) in [5, 5.41) is 0. The van der Waals surface area contributed by atoms with Crippen LogP contribution in [0, 0.1) is 30.6 Å². The minimum absolute atomic E-state index is 0.278. The summed E-state index contributed by atoms with van der Waals surface area (Å²) in [6, 6.07) is 14.6. The summed E-state index contributed by atoms with van der Waals surface area (Å²) >= 11 is 0. The average Bonchev–Trinajstić information content (AvgIpc) is 3.48. The molecule has 0 amide bonds. The van der Waals surface area contributed by atoms with Crippen LogP contribution < -0.4 is 5.73 Å². The Morgan fingerprint density at radius 2 is 1.29 bits per heavy atom. The zero-order chi connectivity index (χ0) is 21.5. The van der Waals surface area contributed by atoms with Gasteiger partial charge in [-0.05, 0) is 67.9 Å². The second-order valence-corrected chi connectivity index (χ2v) is 9.33. The fourth-order valence-corrected chi connectivity index (χ4v) is 6.15. The number of rotatable bonds is 5. The van der Waals surface area contributed by atoms with Crippen molar-refractivity contribution in [1.29, 1.82) is 0 Å². The quantitative estimate of drug-likeness (QED) is 0.732. The third-order valence-electron chi connectivity index (χ3n) is 7.64. The largest absolute Gasteiger partial charge is 0.455 e. The molecule has 3 fully saturated rings. The first kappa shape index (κ1) is 20.3. The molecule has 0 aromatic heterocycles. The summed E-state index contributed by atoms with van der Waals surface area (Å²) in [7, 11) is 0. The van der Waals surface area contributed by atoms with Gasteiger partial charge in [-0.1, -0.05) is 36.2 Å². The first-order valence-corrected chi connectivity index (χ1v) is 11.3. The number of hydrogen-bond acceptors (Lipinski definition) is 5. The second-order valence-electron chi connectivity index (χ2n) is 9.33. The molecule has 5 rings (SSSR count). The maximum absolute atomic E-state index is 12.9. The van der Waals surface area contributed by atoms with E-state index in [1.807, 2.05) is 31.2 Å². The van der Waals surface area contributed by atoms with Gasteiger partial charge in [0, 0.05) is 18.4 Å². The van der Waals surface area contributed by atoms with Crippen LogP contribution in [0.25, 0.3) is 0 Å². The number of fused-ring (bicyclic) bond motifs is 5. The number of nitrogens with two attached hydrogens (primary N) is 1. The van der Waals surface area contributed by atoms with Gasteiger partial charge in [-0.15, -0.1) is 0 Å². The van der Waals surface area contributed by atoms with Gasteiger partial charge in [-0.2, -0.15) is 0 Å². The fraction of sp³-hybridized carbons (Fsp3) is 0.462. The summed E-state index contributed by atoms with van der Waals surface area (Å²) in [5.41, 5.74) is 8.76. The average molecular weight is 420 g/mol. The van der Waals surface area contributed by atoms with Crippen molar-refractivity contribution < 1.29 is 19.1 Å². The van der Waals surface area contributed by atoms with Gasteiger partial charge in [-0.3, -0.25) is 0 Å². The molecule has 162 valence electrons. The Balaban J connectivity index is 1.36. The highest BCUT2D eigenvalue weighted by Gasteiger charge is 2.62. The molecule has 5 nitrogen and oxygen atoms in total. The number of carbonyl (C=O) groups is 2. The van der Waals surface area contributed by atoms with Gasteiger partial charge in [0.25, 0.3) is 0 Å². The molecule has 6 atom stereocenters. The Morgan fingerprint density at radius 3 is 1.77 bits per heavy atom. The van der Waals surface area contributed by atoms with Crippen molar-refractivity contribution in [3.63, 3.8) is 0 Å². The normalized spacial score (nSPS) is 30.8. The Bertz CT molecular complexity index is 968. The van der Waals surface area contributed by atoms with Crippen LogP contribution in [0.3, 0.4) is 0 Å². The maximum Gasteiger partial charge on any atom is 0.338 e. The smallest absolute Gasteiger partial charge is 0.338 e. The summed E-state index contributed by atoms with van der Waals surface area (Å²) in [4.78, 5) is 25.8. The number of aryl methyl sites for hydroxylation is 1. The summed E-state index contributed by atoms with van der Waals surface area (Å²) in [6.45, 7) is 2.42. The standard InChI is InChI=1S/C26H29NO4/c1-15-5-9-17(10-6-15)25(28)30-23-21-13-22(20-4-2-3-19(20)21)24(23)31-26(29)18-11-7-16(14-27)8-12-18/h5-12,19-24H,2-4,13-14,27H2,1H3. The monoisotopic (exact) mass is 419 g/mol. The van der Waals surface area contributed by atoms with Gasteiger partial charge >= 0.3 is 11.9 Å². The molecule has 2 aromatic carbocycles. The lowest BCUT2D eigenvalue weighted by atomic mass is 9.78. The molecule has 0 heterocycles. The molecular formula is C26H29NO4. The van der Waals surface area contributed by atoms with Crippen molar-refractivity contribution >= 4 is 11.9 Å². The van der Waals surface area contributed by atoms with E-state index in [1.54, 1.807) is 24.3 Å². The number of carbonyl (C=O) groups excluding carboxylic acids is 2. The molecule has 2 N–H and O–H groups in total. The van der Waals surface area contributed by atoms with Crippen LogP contribution in [0.1, 0.15) is 57.5 Å². The van der Waals surface area contributed by atoms with E-state index in [-0.39, 0.29) is 36.0 Å². The first-order valence-electron chi connectivity index (χ1n) is 11.3. The topological polar surface area (TPSA) is 78.6 Å². The summed E-state index contributed by atoms with van der Waals surface area (Å²) < 4.78 is 12.1. The molecule has 2 bridgehead atoms. The fourth-order valence-electron chi connectivity index (χ4n) is 6.15. The van der Waals surface area contributed by atoms with Crippen LogP contribution in [0.5, 0.6) is 0 Å². The number of benzene rings is 2. The maximum atomic E-state index is 12.9. The van der Waals surface area contributed by atoms with Crippen molar-refractivity contribution in [3.05, 3.63) is 70.8 Å². The third-order valence-corrected chi connectivity index (χ3v) is 7.64. The third kappa shape index (κ3) is 3.65. The zero-order valence-electron chi connectivity index (χ0n) is 17.8. The molecular weight excluding hydrogens is 390 g/mol. The van der Waals surface area contributed by atoms with E-state index in [0.717, 1.165) is 17.5 Å². The zero-order valence-corrected chi connectivity index (χ0v) is 17.8. The van der Waals surface area contributed by atoms with Crippen LogP contribution in [0.15, 0.2) is 48.5 Å². The van der Waals surface area contributed by atoms with E-state index < -0.39 is 0 Å². The minimum atomic E-state index is -0.375. The van der Waals surface area contributed by atoms with Gasteiger partial charge in [0.05, 0.1) is 11.1 Å². The number of hydrogen-bond donors (Lipinski definition) is 1. The van der Waals surface area contributed by atoms with E-state index in [4.69, 9.17) is 15.2 Å². The first-order chi connectivity index (χ1) is 15.0. The van der Waals surface area contributed by atoms with E-state index in [1.165, 1.54) is 19.3 Å². The van der Waals surface area contributed by atoms with Crippen LogP contribution in [-0.2, 0) is 16.0 Å². The Morgan fingerprint density at radius 1 is 0.806 bits per heavy atom. The van der Waals surface area contributed by atoms with Crippen molar-refractivity contribution in [3.8, 4) is 0 Å². The number of ether oxygens (including phenoxy) is 2. The van der Waals surface area contributed by atoms with Crippen molar-refractivity contribution in [2.75, 3.05) is 0 Å². The highest BCUT2D eigenvalue weighted by molar-refractivity contribution is 5.90. The molecule has 6 unspecified atom stereocenters. The minimum Gasteiger partial charge on any atom is -0.455 e. The molecule has 0 aliphatic heterocycles. The van der Waals surface area contributed by atoms with E-state index in [2.05, 4.69) is 0 Å². The summed E-state index contributed by atoms with van der Waals surface area (Å²) in [5.74, 6) is 1.04. The van der Waals surface area contributed by atoms with Gasteiger partial charge < -0.3 is 15.2 Å². The number of esters is 2. The van der Waals surface area contributed by atoms with Crippen LogP contribution in [-0.4, -0.2) is 24.1 Å². The molecule has 0 saturated heterocycles. The molecule has 2 aromatic rings. The Kier molecular flexibility index (Phi) is 5.30. The van der Waals surface area contributed by atoms with Gasteiger partial charge in [0.1, 0.15) is 12.2 Å². The second kappa shape index (κ2) is 8.12. The molecule has 31 heavy (non-hydrogen) atoms. The molecule has 3 aliphatic carbocycles. The molecule has 3 saturated carbocycles. The Hall–Kier alpha value is -2.66. The van der Waals surface area contributed by atoms with Crippen LogP contribution in [0.2, 0.25) is 0 Å². The van der Waals surface area contributed by atoms with Gasteiger partial charge in [0.15, 0.2) is 0 Å². The van der Waals surface area contributed by atoms with E-state index in [0.29, 0.717) is 29.5 Å². The lowest BCUT2D eigenvalue weighted by molar-refractivity contribution is -0.0766. The summed E-state index contributed by atoms with van der Waals surface area (Å²) in [6.07, 6.45) is 3.81. The lowest BCUT2D eigenvalue weighted by Crippen LogP contribution is -2.45. The highest BCUT2D eigenvalue weighted by Crippen LogP contribution is 2.60. The predicted octanol–water partition coefficient (Wildman–Crippen LogP) is 4.27. The van der Waals surface area contributed by atoms with Crippen LogP contribution in [0.4, 0.5) is 0 Å². The van der Waals surface area contributed by atoms with Crippen molar-refractivity contribution in [1.82, 2.24) is 0 Å².